The van der Waals surface area contributed by atoms with Gasteiger partial charge in [0.05, 0.1) is 10.7 Å². The van der Waals surface area contributed by atoms with Gasteiger partial charge in [0.15, 0.2) is 0 Å². The SMILES string of the molecule is NCCCC(N)Cc1ncccc1Cl. The minimum atomic E-state index is 0.103. The van der Waals surface area contributed by atoms with Gasteiger partial charge < -0.3 is 11.5 Å². The summed E-state index contributed by atoms with van der Waals surface area (Å²) in [5.41, 5.74) is 12.2. The van der Waals surface area contributed by atoms with Crippen molar-refractivity contribution in [2.45, 2.75) is 25.3 Å². The molecule has 14 heavy (non-hydrogen) atoms. The van der Waals surface area contributed by atoms with Crippen LogP contribution in [0.1, 0.15) is 18.5 Å². The van der Waals surface area contributed by atoms with Crippen LogP contribution in [0.25, 0.3) is 0 Å². The van der Waals surface area contributed by atoms with Crippen molar-refractivity contribution >= 4 is 11.6 Å². The second kappa shape index (κ2) is 5.96. The molecule has 1 rings (SSSR count). The van der Waals surface area contributed by atoms with E-state index in [1.807, 2.05) is 12.1 Å². The van der Waals surface area contributed by atoms with Crippen LogP contribution in [0.5, 0.6) is 0 Å². The topological polar surface area (TPSA) is 64.9 Å². The van der Waals surface area contributed by atoms with Crippen molar-refractivity contribution in [1.29, 1.82) is 0 Å². The molecule has 78 valence electrons. The fourth-order valence-corrected chi connectivity index (χ4v) is 1.50. The minimum Gasteiger partial charge on any atom is -0.330 e. The summed E-state index contributed by atoms with van der Waals surface area (Å²) in [6, 6.07) is 3.75. The molecule has 3 nitrogen and oxygen atoms in total. The van der Waals surface area contributed by atoms with Crippen LogP contribution in [-0.2, 0) is 6.42 Å². The molecule has 1 heterocycles. The normalized spacial score (nSPS) is 12.8. The lowest BCUT2D eigenvalue weighted by molar-refractivity contribution is 0.579. The van der Waals surface area contributed by atoms with Gasteiger partial charge in [-0.05, 0) is 31.5 Å². The van der Waals surface area contributed by atoms with Crippen molar-refractivity contribution in [2.75, 3.05) is 6.54 Å². The molecule has 4 heteroatoms. The Balaban J connectivity index is 2.47. The highest BCUT2D eigenvalue weighted by molar-refractivity contribution is 6.31. The van der Waals surface area contributed by atoms with Gasteiger partial charge in [-0.1, -0.05) is 11.6 Å². The zero-order valence-corrected chi connectivity index (χ0v) is 8.87. The average Bonchev–Trinajstić information content (AvgIpc) is 2.18. The first kappa shape index (κ1) is 11.4. The lowest BCUT2D eigenvalue weighted by atomic mass is 10.1. The Morgan fingerprint density at radius 1 is 1.50 bits per heavy atom. The molecule has 0 radical (unpaired) electrons. The number of rotatable bonds is 5. The number of hydrogen-bond donors (Lipinski definition) is 2. The first-order valence-electron chi connectivity index (χ1n) is 4.79. The molecule has 0 bridgehead atoms. The molecule has 1 aromatic heterocycles. The van der Waals surface area contributed by atoms with Gasteiger partial charge in [-0.25, -0.2) is 0 Å². The van der Waals surface area contributed by atoms with E-state index in [1.165, 1.54) is 0 Å². The molecule has 0 saturated carbocycles. The molecule has 1 atom stereocenters. The number of hydrogen-bond acceptors (Lipinski definition) is 3. The lowest BCUT2D eigenvalue weighted by Crippen LogP contribution is -2.24. The zero-order valence-electron chi connectivity index (χ0n) is 8.12. The predicted molar refractivity (Wildman–Crippen MR) is 59.2 cm³/mol. The molecule has 4 N–H and O–H groups in total. The monoisotopic (exact) mass is 213 g/mol. The summed E-state index contributed by atoms with van der Waals surface area (Å²) in [6.45, 7) is 0.684. The third kappa shape index (κ3) is 3.62. The Morgan fingerprint density at radius 3 is 2.93 bits per heavy atom. The van der Waals surface area contributed by atoms with E-state index in [0.717, 1.165) is 25.0 Å². The fraction of sp³-hybridized carbons (Fsp3) is 0.500. The summed E-state index contributed by atoms with van der Waals surface area (Å²) >= 11 is 5.96. The smallest absolute Gasteiger partial charge is 0.0622 e. The van der Waals surface area contributed by atoms with E-state index >= 15 is 0 Å². The Bertz CT molecular complexity index is 278. The Labute approximate surface area is 89.5 Å². The molecular weight excluding hydrogens is 198 g/mol. The molecule has 0 fully saturated rings. The zero-order chi connectivity index (χ0) is 10.4. The van der Waals surface area contributed by atoms with Crippen molar-refractivity contribution in [3.05, 3.63) is 29.0 Å². The number of pyridine rings is 1. The number of aromatic nitrogens is 1. The van der Waals surface area contributed by atoms with Crippen LogP contribution in [0.15, 0.2) is 18.3 Å². The highest BCUT2D eigenvalue weighted by Crippen LogP contribution is 2.14. The van der Waals surface area contributed by atoms with E-state index in [4.69, 9.17) is 23.1 Å². The molecule has 1 aromatic rings. The van der Waals surface area contributed by atoms with E-state index in [9.17, 15) is 0 Å². The third-order valence-electron chi connectivity index (χ3n) is 2.07. The highest BCUT2D eigenvalue weighted by Gasteiger charge is 2.07. The maximum atomic E-state index is 5.96. The fourth-order valence-electron chi connectivity index (χ4n) is 1.30. The second-order valence-corrected chi connectivity index (χ2v) is 3.73. The molecule has 0 aliphatic carbocycles. The first-order chi connectivity index (χ1) is 6.74. The highest BCUT2D eigenvalue weighted by atomic mass is 35.5. The van der Waals surface area contributed by atoms with Gasteiger partial charge in [0, 0.05) is 18.7 Å². The number of nitrogens with zero attached hydrogens (tertiary/aromatic N) is 1. The summed E-state index contributed by atoms with van der Waals surface area (Å²) in [7, 11) is 0. The van der Waals surface area contributed by atoms with Crippen LogP contribution in [0, 0.1) is 0 Å². The van der Waals surface area contributed by atoms with Crippen LogP contribution in [0.3, 0.4) is 0 Å². The van der Waals surface area contributed by atoms with Crippen LogP contribution in [0.2, 0.25) is 5.02 Å². The maximum Gasteiger partial charge on any atom is 0.0622 e. The largest absolute Gasteiger partial charge is 0.330 e. The van der Waals surface area contributed by atoms with Crippen molar-refractivity contribution in [1.82, 2.24) is 4.98 Å². The molecule has 0 amide bonds. The van der Waals surface area contributed by atoms with E-state index in [2.05, 4.69) is 4.98 Å². The Morgan fingerprint density at radius 2 is 2.29 bits per heavy atom. The van der Waals surface area contributed by atoms with E-state index in [0.29, 0.717) is 11.6 Å². The summed E-state index contributed by atoms with van der Waals surface area (Å²) in [5.74, 6) is 0. The van der Waals surface area contributed by atoms with Crippen LogP contribution in [-0.4, -0.2) is 17.6 Å². The Hall–Kier alpha value is -0.640. The van der Waals surface area contributed by atoms with Crippen molar-refractivity contribution in [3.63, 3.8) is 0 Å². The minimum absolute atomic E-state index is 0.103. The number of nitrogens with two attached hydrogens (primary N) is 2. The first-order valence-corrected chi connectivity index (χ1v) is 5.17. The third-order valence-corrected chi connectivity index (χ3v) is 2.41. The van der Waals surface area contributed by atoms with E-state index in [1.54, 1.807) is 6.20 Å². The molecule has 1 unspecified atom stereocenters. The second-order valence-electron chi connectivity index (χ2n) is 3.33. The van der Waals surface area contributed by atoms with Gasteiger partial charge in [0.25, 0.3) is 0 Å². The molecule has 0 spiro atoms. The van der Waals surface area contributed by atoms with Crippen LogP contribution >= 0.6 is 11.6 Å². The lowest BCUT2D eigenvalue weighted by Gasteiger charge is -2.10. The van der Waals surface area contributed by atoms with Gasteiger partial charge in [-0.2, -0.15) is 0 Å². The van der Waals surface area contributed by atoms with Gasteiger partial charge in [-0.15, -0.1) is 0 Å². The summed E-state index contributed by atoms with van der Waals surface area (Å²) in [6.07, 6.45) is 4.32. The van der Waals surface area contributed by atoms with Crippen LogP contribution in [0.4, 0.5) is 0 Å². The number of halogens is 1. The molecule has 0 aromatic carbocycles. The van der Waals surface area contributed by atoms with Gasteiger partial charge >= 0.3 is 0 Å². The van der Waals surface area contributed by atoms with E-state index < -0.39 is 0 Å². The molecule has 0 saturated heterocycles. The van der Waals surface area contributed by atoms with Gasteiger partial charge in [0.1, 0.15) is 0 Å². The standard InChI is InChI=1S/C10H16ClN3/c11-9-4-2-6-14-10(9)7-8(13)3-1-5-12/h2,4,6,8H,1,3,5,7,12-13H2. The molecule has 0 aliphatic heterocycles. The van der Waals surface area contributed by atoms with Crippen molar-refractivity contribution < 1.29 is 0 Å². The quantitative estimate of drug-likeness (QED) is 0.776. The summed E-state index contributed by atoms with van der Waals surface area (Å²) in [4.78, 5) is 4.18. The van der Waals surface area contributed by atoms with Crippen molar-refractivity contribution in [3.8, 4) is 0 Å². The summed E-state index contributed by atoms with van der Waals surface area (Å²) in [5, 5.41) is 0.690. The Kier molecular flexibility index (Phi) is 4.87. The van der Waals surface area contributed by atoms with Gasteiger partial charge in [0.2, 0.25) is 0 Å². The van der Waals surface area contributed by atoms with Crippen molar-refractivity contribution in [2.24, 2.45) is 11.5 Å². The summed E-state index contributed by atoms with van der Waals surface area (Å²) < 4.78 is 0. The maximum absolute atomic E-state index is 5.96. The molecular formula is C10H16ClN3. The molecule has 0 aliphatic rings. The van der Waals surface area contributed by atoms with Gasteiger partial charge in [-0.3, -0.25) is 4.98 Å². The van der Waals surface area contributed by atoms with E-state index in [-0.39, 0.29) is 6.04 Å². The van der Waals surface area contributed by atoms with Crippen LogP contribution < -0.4 is 11.5 Å². The average molecular weight is 214 g/mol. The predicted octanol–water partition coefficient (Wildman–Crippen LogP) is 1.34.